The van der Waals surface area contributed by atoms with Crippen molar-refractivity contribution < 1.29 is 19.1 Å². The van der Waals surface area contributed by atoms with E-state index < -0.39 is 5.97 Å². The average molecular weight is 212 g/mol. The van der Waals surface area contributed by atoms with Gasteiger partial charge in [-0.25, -0.2) is 4.79 Å². The molecule has 0 aromatic carbocycles. The van der Waals surface area contributed by atoms with Crippen molar-refractivity contribution in [2.24, 2.45) is 5.41 Å². The van der Waals surface area contributed by atoms with E-state index in [1.54, 1.807) is 0 Å². The predicted molar refractivity (Wildman–Crippen MR) is 54.1 cm³/mol. The molecule has 0 aliphatic carbocycles. The maximum Gasteiger partial charge on any atom is 0.330 e. The van der Waals surface area contributed by atoms with E-state index in [0.29, 0.717) is 12.8 Å². The second-order valence-corrected chi connectivity index (χ2v) is 4.30. The smallest absolute Gasteiger partial charge is 0.330 e. The van der Waals surface area contributed by atoms with Gasteiger partial charge in [0.1, 0.15) is 6.10 Å². The molecule has 1 rings (SSSR count). The molecule has 0 radical (unpaired) electrons. The molecular formula is C11H16O4. The van der Waals surface area contributed by atoms with Crippen molar-refractivity contribution in [2.75, 3.05) is 6.61 Å². The van der Waals surface area contributed by atoms with Crippen molar-refractivity contribution in [3.05, 3.63) is 12.7 Å². The first kappa shape index (κ1) is 11.8. The van der Waals surface area contributed by atoms with Crippen molar-refractivity contribution in [1.29, 1.82) is 0 Å². The second-order valence-electron chi connectivity index (χ2n) is 4.30. The minimum absolute atomic E-state index is 0.164. The van der Waals surface area contributed by atoms with E-state index in [4.69, 9.17) is 9.47 Å². The number of esters is 2. The van der Waals surface area contributed by atoms with Crippen LogP contribution in [0.2, 0.25) is 0 Å². The van der Waals surface area contributed by atoms with Gasteiger partial charge in [-0.05, 0) is 0 Å². The maximum atomic E-state index is 11.1. The Morgan fingerprint density at radius 1 is 1.73 bits per heavy atom. The van der Waals surface area contributed by atoms with Crippen molar-refractivity contribution in [3.8, 4) is 0 Å². The molecule has 1 unspecified atom stereocenters. The van der Waals surface area contributed by atoms with Gasteiger partial charge in [-0.1, -0.05) is 20.4 Å². The molecule has 0 N–H and O–H groups in total. The molecule has 1 aliphatic rings. The summed E-state index contributed by atoms with van der Waals surface area (Å²) in [5.74, 6) is -0.628. The maximum absolute atomic E-state index is 11.1. The van der Waals surface area contributed by atoms with Crippen LogP contribution in [-0.2, 0) is 19.1 Å². The molecule has 4 heteroatoms. The highest BCUT2D eigenvalue weighted by Gasteiger charge is 2.41. The molecule has 1 heterocycles. The van der Waals surface area contributed by atoms with Crippen LogP contribution in [0.4, 0.5) is 0 Å². The van der Waals surface area contributed by atoms with E-state index >= 15 is 0 Å². The van der Waals surface area contributed by atoms with E-state index in [9.17, 15) is 9.59 Å². The standard InChI is InChI=1S/C11H16O4/c1-4-9(12)14-6-5-8-11(2,3)7-10(13)15-8/h4,8H,1,5-7H2,2-3H3. The lowest BCUT2D eigenvalue weighted by molar-refractivity contribution is -0.143. The van der Waals surface area contributed by atoms with Crippen molar-refractivity contribution in [3.63, 3.8) is 0 Å². The number of carbonyl (C=O) groups is 2. The molecule has 4 nitrogen and oxygen atoms in total. The summed E-state index contributed by atoms with van der Waals surface area (Å²) >= 11 is 0. The Kier molecular flexibility index (Phi) is 3.50. The van der Waals surface area contributed by atoms with Gasteiger partial charge in [-0.3, -0.25) is 4.79 Å². The fourth-order valence-electron chi connectivity index (χ4n) is 1.62. The topological polar surface area (TPSA) is 52.6 Å². The highest BCUT2D eigenvalue weighted by atomic mass is 16.6. The Morgan fingerprint density at radius 2 is 2.40 bits per heavy atom. The van der Waals surface area contributed by atoms with E-state index in [-0.39, 0.29) is 24.1 Å². The number of carbonyl (C=O) groups excluding carboxylic acids is 2. The van der Waals surface area contributed by atoms with Gasteiger partial charge >= 0.3 is 11.9 Å². The molecular weight excluding hydrogens is 196 g/mol. The summed E-state index contributed by atoms with van der Waals surface area (Å²) in [5.41, 5.74) is -0.169. The first-order chi connectivity index (χ1) is 6.95. The summed E-state index contributed by atoms with van der Waals surface area (Å²) in [5, 5.41) is 0. The number of cyclic esters (lactones) is 1. The van der Waals surface area contributed by atoms with Crippen LogP contribution in [0.3, 0.4) is 0 Å². The van der Waals surface area contributed by atoms with Gasteiger partial charge < -0.3 is 9.47 Å². The summed E-state index contributed by atoms with van der Waals surface area (Å²) in [6.07, 6.45) is 1.92. The summed E-state index contributed by atoms with van der Waals surface area (Å²) in [7, 11) is 0. The fraction of sp³-hybridized carbons (Fsp3) is 0.636. The first-order valence-corrected chi connectivity index (χ1v) is 4.94. The summed E-state index contributed by atoms with van der Waals surface area (Å²) in [6.45, 7) is 7.49. The zero-order valence-electron chi connectivity index (χ0n) is 9.12. The Bertz CT molecular complexity index is 280. The van der Waals surface area contributed by atoms with Crippen LogP contribution in [-0.4, -0.2) is 24.6 Å². The van der Waals surface area contributed by atoms with Gasteiger partial charge in [0.2, 0.25) is 0 Å². The van der Waals surface area contributed by atoms with E-state index in [2.05, 4.69) is 6.58 Å². The molecule has 1 aliphatic heterocycles. The van der Waals surface area contributed by atoms with Gasteiger partial charge in [0.25, 0.3) is 0 Å². The van der Waals surface area contributed by atoms with Gasteiger partial charge in [-0.15, -0.1) is 0 Å². The van der Waals surface area contributed by atoms with Crippen LogP contribution in [0.15, 0.2) is 12.7 Å². The highest BCUT2D eigenvalue weighted by molar-refractivity contribution is 5.81. The largest absolute Gasteiger partial charge is 0.462 e. The van der Waals surface area contributed by atoms with Crippen LogP contribution in [0, 0.1) is 5.41 Å². The number of hydrogen-bond acceptors (Lipinski definition) is 4. The second kappa shape index (κ2) is 4.47. The van der Waals surface area contributed by atoms with Crippen LogP contribution in [0.1, 0.15) is 26.7 Å². The SMILES string of the molecule is C=CC(=O)OCCC1OC(=O)CC1(C)C. The average Bonchev–Trinajstić information content (AvgIpc) is 2.39. The number of rotatable bonds is 4. The predicted octanol–water partition coefficient (Wildman–Crippen LogP) is 1.45. The molecule has 1 saturated heterocycles. The summed E-state index contributed by atoms with van der Waals surface area (Å²) in [6, 6.07) is 0. The quantitative estimate of drug-likeness (QED) is 0.522. The zero-order valence-corrected chi connectivity index (χ0v) is 9.12. The van der Waals surface area contributed by atoms with Gasteiger partial charge in [0, 0.05) is 17.9 Å². The lowest BCUT2D eigenvalue weighted by Crippen LogP contribution is -2.26. The molecule has 15 heavy (non-hydrogen) atoms. The third-order valence-electron chi connectivity index (χ3n) is 2.54. The minimum Gasteiger partial charge on any atom is -0.462 e. The Hall–Kier alpha value is -1.32. The summed E-state index contributed by atoms with van der Waals surface area (Å²) < 4.78 is 9.97. The fourth-order valence-corrected chi connectivity index (χ4v) is 1.62. The van der Waals surface area contributed by atoms with Crippen molar-refractivity contribution in [2.45, 2.75) is 32.8 Å². The van der Waals surface area contributed by atoms with Gasteiger partial charge in [-0.2, -0.15) is 0 Å². The first-order valence-electron chi connectivity index (χ1n) is 4.94. The van der Waals surface area contributed by atoms with Crippen LogP contribution in [0.5, 0.6) is 0 Å². The molecule has 0 bridgehead atoms. The van der Waals surface area contributed by atoms with Crippen LogP contribution in [0.25, 0.3) is 0 Å². The van der Waals surface area contributed by atoms with Crippen molar-refractivity contribution >= 4 is 11.9 Å². The molecule has 0 saturated carbocycles. The summed E-state index contributed by atoms with van der Waals surface area (Å²) in [4.78, 5) is 21.8. The Labute approximate surface area is 89.2 Å². The normalized spacial score (nSPS) is 23.3. The monoisotopic (exact) mass is 212 g/mol. The zero-order chi connectivity index (χ0) is 11.5. The molecule has 0 spiro atoms. The van der Waals surface area contributed by atoms with Crippen LogP contribution >= 0.6 is 0 Å². The van der Waals surface area contributed by atoms with E-state index in [1.165, 1.54) is 0 Å². The Balaban J connectivity index is 2.36. The lowest BCUT2D eigenvalue weighted by atomic mass is 9.84. The lowest BCUT2D eigenvalue weighted by Gasteiger charge is -2.23. The number of hydrogen-bond donors (Lipinski definition) is 0. The molecule has 0 aromatic heterocycles. The van der Waals surface area contributed by atoms with Gasteiger partial charge in [0.15, 0.2) is 0 Å². The molecule has 84 valence electrons. The third kappa shape index (κ3) is 3.08. The molecule has 0 aromatic rings. The molecule has 0 amide bonds. The van der Waals surface area contributed by atoms with Crippen molar-refractivity contribution in [1.82, 2.24) is 0 Å². The molecule has 1 fully saturated rings. The van der Waals surface area contributed by atoms with Gasteiger partial charge in [0.05, 0.1) is 13.0 Å². The minimum atomic E-state index is -0.447. The third-order valence-corrected chi connectivity index (χ3v) is 2.54. The van der Waals surface area contributed by atoms with E-state index in [0.717, 1.165) is 6.08 Å². The molecule has 1 atom stereocenters. The van der Waals surface area contributed by atoms with E-state index in [1.807, 2.05) is 13.8 Å². The highest BCUT2D eigenvalue weighted by Crippen LogP contribution is 2.36. The van der Waals surface area contributed by atoms with Crippen LogP contribution < -0.4 is 0 Å². The number of ether oxygens (including phenoxy) is 2. The Morgan fingerprint density at radius 3 is 2.87 bits per heavy atom.